The number of anilines is 1. The highest BCUT2D eigenvalue weighted by molar-refractivity contribution is 6.57. The number of ketones is 1. The van der Waals surface area contributed by atoms with Crippen molar-refractivity contribution in [2.45, 2.75) is 0 Å². The van der Waals surface area contributed by atoms with Gasteiger partial charge >= 0.3 is 17.8 Å². The highest BCUT2D eigenvalue weighted by Gasteiger charge is 2.46. The number of methoxy groups -OCH3 is 2. The number of amides is 1. The molecule has 0 aromatic heterocycles. The minimum atomic E-state index is -1.20. The van der Waals surface area contributed by atoms with Crippen LogP contribution in [0.4, 0.5) is 10.1 Å². The van der Waals surface area contributed by atoms with E-state index in [1.165, 1.54) is 12.1 Å². The van der Waals surface area contributed by atoms with Crippen LogP contribution in [0.3, 0.4) is 0 Å². The van der Waals surface area contributed by atoms with E-state index in [-0.39, 0.29) is 5.69 Å². The van der Waals surface area contributed by atoms with Crippen LogP contribution in [-0.2, 0) is 28.7 Å². The SMILES string of the molecule is COC(=O)C1=C(C(=O)OC)N(c2ccc(F)cc2)C(=O)C1=O. The zero-order valence-corrected chi connectivity index (χ0v) is 11.6. The molecular formula is C14H10FNO6. The summed E-state index contributed by atoms with van der Waals surface area (Å²) >= 11 is 0. The molecule has 0 spiro atoms. The van der Waals surface area contributed by atoms with Gasteiger partial charge in [-0.15, -0.1) is 0 Å². The van der Waals surface area contributed by atoms with E-state index in [4.69, 9.17) is 0 Å². The number of ether oxygens (including phenoxy) is 2. The van der Waals surface area contributed by atoms with Crippen molar-refractivity contribution in [1.82, 2.24) is 0 Å². The number of carbonyl (C=O) groups is 4. The lowest BCUT2D eigenvalue weighted by Crippen LogP contribution is -2.31. The van der Waals surface area contributed by atoms with Crippen molar-refractivity contribution in [2.75, 3.05) is 19.1 Å². The smallest absolute Gasteiger partial charge is 0.356 e. The fourth-order valence-corrected chi connectivity index (χ4v) is 1.95. The predicted molar refractivity (Wildman–Crippen MR) is 70.0 cm³/mol. The van der Waals surface area contributed by atoms with Crippen molar-refractivity contribution in [1.29, 1.82) is 0 Å². The van der Waals surface area contributed by atoms with Gasteiger partial charge in [0.25, 0.3) is 5.78 Å². The first-order valence-electron chi connectivity index (χ1n) is 5.97. The lowest BCUT2D eigenvalue weighted by atomic mass is 10.1. The van der Waals surface area contributed by atoms with Gasteiger partial charge in [0.15, 0.2) is 5.70 Å². The Hall–Kier alpha value is -3.03. The molecule has 1 aliphatic heterocycles. The first-order chi connectivity index (χ1) is 10.4. The third-order valence-electron chi connectivity index (χ3n) is 2.94. The van der Waals surface area contributed by atoms with E-state index in [1.54, 1.807) is 0 Å². The van der Waals surface area contributed by atoms with Crippen LogP contribution in [0.2, 0.25) is 0 Å². The maximum Gasteiger partial charge on any atom is 0.356 e. The Morgan fingerprint density at radius 1 is 1.00 bits per heavy atom. The Bertz CT molecular complexity index is 707. The van der Waals surface area contributed by atoms with Crippen molar-refractivity contribution < 1.29 is 33.0 Å². The van der Waals surface area contributed by atoms with E-state index in [2.05, 4.69) is 9.47 Å². The van der Waals surface area contributed by atoms with Gasteiger partial charge in [0.05, 0.1) is 14.2 Å². The minimum Gasteiger partial charge on any atom is -0.465 e. The van der Waals surface area contributed by atoms with Crippen molar-refractivity contribution >= 4 is 29.3 Å². The van der Waals surface area contributed by atoms with Crippen molar-refractivity contribution in [3.8, 4) is 0 Å². The Kier molecular flexibility index (Phi) is 4.02. The summed E-state index contributed by atoms with van der Waals surface area (Å²) < 4.78 is 21.9. The number of nitrogens with zero attached hydrogens (tertiary/aromatic N) is 1. The molecule has 0 aliphatic carbocycles. The van der Waals surface area contributed by atoms with Crippen LogP contribution in [-0.4, -0.2) is 37.8 Å². The topological polar surface area (TPSA) is 90.0 Å². The molecule has 0 bridgehead atoms. The highest BCUT2D eigenvalue weighted by atomic mass is 19.1. The zero-order valence-electron chi connectivity index (χ0n) is 11.6. The van der Waals surface area contributed by atoms with Gasteiger partial charge in [-0.2, -0.15) is 0 Å². The Labute approximate surface area is 123 Å². The van der Waals surface area contributed by atoms with Crippen molar-refractivity contribution in [3.63, 3.8) is 0 Å². The third kappa shape index (κ3) is 2.34. The average Bonchev–Trinajstić information content (AvgIpc) is 2.79. The molecule has 1 aromatic carbocycles. The molecule has 0 fully saturated rings. The van der Waals surface area contributed by atoms with Gasteiger partial charge in [-0.1, -0.05) is 0 Å². The molecule has 0 atom stereocenters. The second-order valence-corrected chi connectivity index (χ2v) is 4.15. The fourth-order valence-electron chi connectivity index (χ4n) is 1.95. The number of Topliss-reactive ketones (excluding diaryl/α,β-unsaturated/α-hetero) is 1. The van der Waals surface area contributed by atoms with E-state index < -0.39 is 40.7 Å². The summed E-state index contributed by atoms with van der Waals surface area (Å²) in [6, 6.07) is 4.45. The predicted octanol–water partition coefficient (Wildman–Crippen LogP) is 0.341. The first kappa shape index (κ1) is 15.4. The van der Waals surface area contributed by atoms with Crippen LogP contribution in [0.15, 0.2) is 35.5 Å². The van der Waals surface area contributed by atoms with Gasteiger partial charge < -0.3 is 9.47 Å². The molecule has 2 rings (SSSR count). The standard InChI is InChI=1S/C14H10FNO6/c1-21-13(19)9-10(14(20)22-2)16(12(18)11(9)17)8-5-3-7(15)4-6-8/h3-6H,1-2H3. The summed E-state index contributed by atoms with van der Waals surface area (Å²) in [4.78, 5) is 48.3. The Balaban J connectivity index is 2.65. The molecule has 1 amide bonds. The van der Waals surface area contributed by atoms with E-state index in [1.807, 2.05) is 0 Å². The molecule has 8 heteroatoms. The maximum atomic E-state index is 13.0. The van der Waals surface area contributed by atoms with Crippen LogP contribution in [0.5, 0.6) is 0 Å². The van der Waals surface area contributed by atoms with Crippen molar-refractivity contribution in [3.05, 3.63) is 41.4 Å². The van der Waals surface area contributed by atoms with Crippen LogP contribution in [0.25, 0.3) is 0 Å². The molecule has 7 nitrogen and oxygen atoms in total. The Morgan fingerprint density at radius 2 is 1.55 bits per heavy atom. The molecule has 0 N–H and O–H groups in total. The average molecular weight is 307 g/mol. The van der Waals surface area contributed by atoms with Gasteiger partial charge in [0, 0.05) is 5.69 Å². The van der Waals surface area contributed by atoms with E-state index >= 15 is 0 Å². The van der Waals surface area contributed by atoms with Gasteiger partial charge in [-0.25, -0.2) is 14.0 Å². The summed E-state index contributed by atoms with van der Waals surface area (Å²) in [5.41, 5.74) is -1.24. The van der Waals surface area contributed by atoms with Crippen LogP contribution >= 0.6 is 0 Å². The van der Waals surface area contributed by atoms with Gasteiger partial charge in [0.2, 0.25) is 0 Å². The molecule has 0 radical (unpaired) electrons. The number of halogens is 1. The largest absolute Gasteiger partial charge is 0.465 e. The van der Waals surface area contributed by atoms with E-state index in [0.717, 1.165) is 26.4 Å². The Morgan fingerprint density at radius 3 is 2.05 bits per heavy atom. The molecule has 22 heavy (non-hydrogen) atoms. The van der Waals surface area contributed by atoms with Crippen LogP contribution in [0.1, 0.15) is 0 Å². The second kappa shape index (κ2) is 5.76. The van der Waals surface area contributed by atoms with Crippen LogP contribution in [0, 0.1) is 5.82 Å². The molecule has 0 unspecified atom stereocenters. The lowest BCUT2D eigenvalue weighted by molar-refractivity contribution is -0.141. The van der Waals surface area contributed by atoms with Gasteiger partial charge in [-0.05, 0) is 24.3 Å². The summed E-state index contributed by atoms with van der Waals surface area (Å²) in [7, 11) is 2.03. The number of esters is 2. The van der Waals surface area contributed by atoms with E-state index in [0.29, 0.717) is 4.90 Å². The monoisotopic (exact) mass is 307 g/mol. The van der Waals surface area contributed by atoms with Crippen LogP contribution < -0.4 is 4.90 Å². The number of rotatable bonds is 3. The first-order valence-corrected chi connectivity index (χ1v) is 5.97. The lowest BCUT2D eigenvalue weighted by Gasteiger charge is -2.17. The molecule has 0 saturated heterocycles. The van der Waals surface area contributed by atoms with Crippen molar-refractivity contribution in [2.24, 2.45) is 0 Å². The molecule has 0 saturated carbocycles. The number of hydrogen-bond donors (Lipinski definition) is 0. The normalized spacial score (nSPS) is 14.4. The second-order valence-electron chi connectivity index (χ2n) is 4.15. The number of carbonyl (C=O) groups excluding carboxylic acids is 4. The van der Waals surface area contributed by atoms with Gasteiger partial charge in [0.1, 0.15) is 11.4 Å². The quantitative estimate of drug-likeness (QED) is 0.454. The summed E-state index contributed by atoms with van der Waals surface area (Å²) in [5.74, 6) is -5.10. The summed E-state index contributed by atoms with van der Waals surface area (Å²) in [5, 5.41) is 0. The zero-order chi connectivity index (χ0) is 16.4. The molecule has 1 aromatic rings. The van der Waals surface area contributed by atoms with Gasteiger partial charge in [-0.3, -0.25) is 14.5 Å². The molecule has 114 valence electrons. The molecular weight excluding hydrogens is 297 g/mol. The number of hydrogen-bond acceptors (Lipinski definition) is 6. The third-order valence-corrected chi connectivity index (χ3v) is 2.94. The maximum absolute atomic E-state index is 13.0. The molecule has 1 aliphatic rings. The minimum absolute atomic E-state index is 0.0408. The fraction of sp³-hybridized carbons (Fsp3) is 0.143. The molecule has 1 heterocycles. The summed E-state index contributed by atoms with van der Waals surface area (Å²) in [6.45, 7) is 0. The summed E-state index contributed by atoms with van der Waals surface area (Å²) in [6.07, 6.45) is 0. The number of benzene rings is 1. The highest BCUT2D eigenvalue weighted by Crippen LogP contribution is 2.30. The van der Waals surface area contributed by atoms with E-state index in [9.17, 15) is 23.6 Å².